The lowest BCUT2D eigenvalue weighted by Crippen LogP contribution is -2.11. The van der Waals surface area contributed by atoms with E-state index in [9.17, 15) is 13.2 Å². The Morgan fingerprint density at radius 1 is 1.36 bits per heavy atom. The molecule has 0 spiro atoms. The summed E-state index contributed by atoms with van der Waals surface area (Å²) in [5.41, 5.74) is 2.35. The molecule has 7 heteroatoms. The highest BCUT2D eigenvalue weighted by Crippen LogP contribution is 2.43. The van der Waals surface area contributed by atoms with Crippen molar-refractivity contribution in [2.45, 2.75) is 22.9 Å². The number of benzene rings is 1. The second-order valence-electron chi connectivity index (χ2n) is 4.91. The van der Waals surface area contributed by atoms with Crippen molar-refractivity contribution in [1.29, 1.82) is 0 Å². The maximum Gasteiger partial charge on any atom is 0.348 e. The van der Waals surface area contributed by atoms with Crippen LogP contribution in [0, 0.1) is 0 Å². The molecule has 0 saturated carbocycles. The molecule has 0 fully saturated rings. The fourth-order valence-electron chi connectivity index (χ4n) is 2.46. The number of sulfone groups is 1. The number of fused-ring (bicyclic) bond motifs is 3. The molecule has 0 amide bonds. The van der Waals surface area contributed by atoms with Crippen LogP contribution in [-0.4, -0.2) is 21.0 Å². The second kappa shape index (κ2) is 5.79. The van der Waals surface area contributed by atoms with Gasteiger partial charge >= 0.3 is 5.97 Å². The van der Waals surface area contributed by atoms with Gasteiger partial charge in [0.15, 0.2) is 9.84 Å². The zero-order valence-corrected chi connectivity index (χ0v) is 15.0. The third-order valence-corrected chi connectivity index (χ3v) is 6.96. The minimum atomic E-state index is -3.37. The molecule has 1 aromatic carbocycles. The van der Waals surface area contributed by atoms with Crippen molar-refractivity contribution >= 4 is 43.1 Å². The monoisotopic (exact) mass is 400 g/mol. The summed E-state index contributed by atoms with van der Waals surface area (Å²) in [5.74, 6) is -0.476. The summed E-state index contributed by atoms with van der Waals surface area (Å²) in [7, 11) is -3.37. The van der Waals surface area contributed by atoms with Gasteiger partial charge in [-0.2, -0.15) is 0 Å². The van der Waals surface area contributed by atoms with Gasteiger partial charge in [-0.25, -0.2) is 13.2 Å². The highest BCUT2D eigenvalue weighted by Gasteiger charge is 2.31. The molecule has 0 radical (unpaired) electrons. The predicted octanol–water partition coefficient (Wildman–Crippen LogP) is 3.77. The molecule has 0 bridgehead atoms. The number of thiophene rings is 1. The predicted molar refractivity (Wildman–Crippen MR) is 89.2 cm³/mol. The van der Waals surface area contributed by atoms with E-state index < -0.39 is 15.8 Å². The van der Waals surface area contributed by atoms with Crippen LogP contribution in [0.25, 0.3) is 10.4 Å². The van der Waals surface area contributed by atoms with E-state index in [-0.39, 0.29) is 5.75 Å². The van der Waals surface area contributed by atoms with Crippen LogP contribution in [0.4, 0.5) is 0 Å². The smallest absolute Gasteiger partial charge is 0.348 e. The van der Waals surface area contributed by atoms with E-state index in [1.54, 1.807) is 25.1 Å². The van der Waals surface area contributed by atoms with Crippen LogP contribution >= 0.6 is 27.3 Å². The molecule has 1 aromatic heterocycles. The summed E-state index contributed by atoms with van der Waals surface area (Å²) in [6.45, 7) is 2.04. The molecule has 116 valence electrons. The van der Waals surface area contributed by atoms with Gasteiger partial charge in [-0.1, -0.05) is 22.0 Å². The molecule has 1 aliphatic rings. The molecule has 3 rings (SSSR count). The zero-order chi connectivity index (χ0) is 15.9. The largest absolute Gasteiger partial charge is 0.462 e. The third kappa shape index (κ3) is 2.61. The van der Waals surface area contributed by atoms with Gasteiger partial charge in [0.1, 0.15) is 4.88 Å². The molecule has 0 N–H and O–H groups in total. The van der Waals surface area contributed by atoms with Gasteiger partial charge in [0, 0.05) is 15.8 Å². The van der Waals surface area contributed by atoms with E-state index in [0.717, 1.165) is 10.4 Å². The average molecular weight is 401 g/mol. The van der Waals surface area contributed by atoms with Crippen molar-refractivity contribution in [3.8, 4) is 10.4 Å². The van der Waals surface area contributed by atoms with Gasteiger partial charge in [0.05, 0.1) is 17.3 Å². The van der Waals surface area contributed by atoms with Crippen molar-refractivity contribution in [1.82, 2.24) is 0 Å². The zero-order valence-electron chi connectivity index (χ0n) is 11.8. The number of hydrogen-bond acceptors (Lipinski definition) is 5. The SMILES string of the molecule is CCOC(=O)c1cc2c(s1)-c1cc(CBr)ccc1S(=O)(=O)C2. The first kappa shape index (κ1) is 15.7. The maximum absolute atomic E-state index is 12.4. The summed E-state index contributed by atoms with van der Waals surface area (Å²) in [5, 5.41) is 0.645. The van der Waals surface area contributed by atoms with Gasteiger partial charge in [0.2, 0.25) is 0 Å². The number of ether oxygens (including phenoxy) is 1. The van der Waals surface area contributed by atoms with Gasteiger partial charge in [0.25, 0.3) is 0 Å². The minimum Gasteiger partial charge on any atom is -0.462 e. The molecule has 4 nitrogen and oxygen atoms in total. The van der Waals surface area contributed by atoms with E-state index in [4.69, 9.17) is 4.74 Å². The van der Waals surface area contributed by atoms with Crippen molar-refractivity contribution in [3.63, 3.8) is 0 Å². The van der Waals surface area contributed by atoms with Crippen molar-refractivity contribution < 1.29 is 17.9 Å². The molecule has 0 unspecified atom stereocenters. The first-order valence-electron chi connectivity index (χ1n) is 6.68. The topological polar surface area (TPSA) is 60.4 Å². The summed E-state index contributed by atoms with van der Waals surface area (Å²) in [6.07, 6.45) is 0. The Hall–Kier alpha value is -1.18. The number of hydrogen-bond donors (Lipinski definition) is 0. The minimum absolute atomic E-state index is 0.0705. The Morgan fingerprint density at radius 3 is 2.82 bits per heavy atom. The first-order chi connectivity index (χ1) is 10.5. The third-order valence-electron chi connectivity index (χ3n) is 3.41. The van der Waals surface area contributed by atoms with Crippen LogP contribution in [0.1, 0.15) is 27.7 Å². The van der Waals surface area contributed by atoms with E-state index in [0.29, 0.717) is 32.8 Å². The lowest BCUT2D eigenvalue weighted by molar-refractivity contribution is 0.0532. The Labute approximate surface area is 141 Å². The van der Waals surface area contributed by atoms with E-state index in [1.807, 2.05) is 6.07 Å². The molecule has 2 aromatic rings. The fraction of sp³-hybridized carbons (Fsp3) is 0.267. The van der Waals surface area contributed by atoms with E-state index in [2.05, 4.69) is 15.9 Å². The van der Waals surface area contributed by atoms with Crippen molar-refractivity contribution in [2.24, 2.45) is 0 Å². The van der Waals surface area contributed by atoms with Gasteiger partial charge in [-0.3, -0.25) is 0 Å². The molecule has 0 saturated heterocycles. The molecule has 2 heterocycles. The average Bonchev–Trinajstić information content (AvgIpc) is 2.90. The van der Waals surface area contributed by atoms with Crippen LogP contribution < -0.4 is 0 Å². The molecular formula is C15H13BrO4S2. The summed E-state index contributed by atoms with van der Waals surface area (Å²) in [6, 6.07) is 6.95. The second-order valence-corrected chi connectivity index (χ2v) is 8.48. The highest BCUT2D eigenvalue weighted by atomic mass is 79.9. The molecule has 1 aliphatic heterocycles. The molecule has 0 aliphatic carbocycles. The summed E-state index contributed by atoms with van der Waals surface area (Å²) in [4.78, 5) is 13.5. The van der Waals surface area contributed by atoms with Crippen molar-refractivity contribution in [3.05, 3.63) is 40.3 Å². The number of halogens is 1. The van der Waals surface area contributed by atoms with Gasteiger partial charge in [-0.05, 0) is 36.2 Å². The Kier molecular flexibility index (Phi) is 4.13. The number of esters is 1. The maximum atomic E-state index is 12.4. The van der Waals surface area contributed by atoms with Gasteiger partial charge < -0.3 is 4.74 Å². The summed E-state index contributed by atoms with van der Waals surface area (Å²) >= 11 is 4.67. The van der Waals surface area contributed by atoms with Crippen LogP contribution in [0.5, 0.6) is 0 Å². The van der Waals surface area contributed by atoms with Crippen LogP contribution in [0.3, 0.4) is 0 Å². The quantitative estimate of drug-likeness (QED) is 0.580. The highest BCUT2D eigenvalue weighted by molar-refractivity contribution is 9.08. The number of rotatable bonds is 3. The van der Waals surface area contributed by atoms with Crippen LogP contribution in [-0.2, 0) is 25.7 Å². The Bertz CT molecular complexity index is 852. The first-order valence-corrected chi connectivity index (χ1v) is 10.3. The molecule has 22 heavy (non-hydrogen) atoms. The Morgan fingerprint density at radius 2 is 2.14 bits per heavy atom. The molecule has 0 atom stereocenters. The van der Waals surface area contributed by atoms with E-state index >= 15 is 0 Å². The normalized spacial score (nSPS) is 15.0. The van der Waals surface area contributed by atoms with Crippen LogP contribution in [0.15, 0.2) is 29.2 Å². The molecular weight excluding hydrogens is 388 g/mol. The van der Waals surface area contributed by atoms with E-state index in [1.165, 1.54) is 11.3 Å². The van der Waals surface area contributed by atoms with Crippen molar-refractivity contribution in [2.75, 3.05) is 6.61 Å². The lowest BCUT2D eigenvalue weighted by Gasteiger charge is -2.17. The standard InChI is InChI=1S/C15H13BrO4S2/c1-2-20-15(17)12-6-10-8-22(18,19)13-4-3-9(7-16)5-11(13)14(10)21-12/h3-6H,2,7-8H2,1H3. The van der Waals surface area contributed by atoms with Crippen LogP contribution in [0.2, 0.25) is 0 Å². The van der Waals surface area contributed by atoms with Gasteiger partial charge in [-0.15, -0.1) is 11.3 Å². The fourth-order valence-corrected chi connectivity index (χ4v) is 5.63. The lowest BCUT2D eigenvalue weighted by atomic mass is 10.1. The number of carbonyl (C=O) groups excluding carboxylic acids is 1. The number of alkyl halides is 1. The summed E-state index contributed by atoms with van der Waals surface area (Å²) < 4.78 is 29.8. The number of carbonyl (C=O) groups is 1. The Balaban J connectivity index is 2.18.